The van der Waals surface area contributed by atoms with Gasteiger partial charge in [-0.1, -0.05) is 31.0 Å². The smallest absolute Gasteiger partial charge is 0.261 e. The molecule has 2 aromatic rings. The molecule has 5 heteroatoms. The van der Waals surface area contributed by atoms with Gasteiger partial charge in [-0.25, -0.2) is 0 Å². The lowest BCUT2D eigenvalue weighted by molar-refractivity contribution is 0.0901. The van der Waals surface area contributed by atoms with Crippen molar-refractivity contribution in [2.75, 3.05) is 6.54 Å². The average molecular weight is 285 g/mol. The van der Waals surface area contributed by atoms with Gasteiger partial charge in [0.25, 0.3) is 11.5 Å². The quantitative estimate of drug-likeness (QED) is 0.799. The highest BCUT2D eigenvalue weighted by Crippen LogP contribution is 2.28. The van der Waals surface area contributed by atoms with Gasteiger partial charge in [0.1, 0.15) is 5.56 Å². The summed E-state index contributed by atoms with van der Waals surface area (Å²) in [4.78, 5) is 27.3. The Morgan fingerprint density at radius 1 is 1.29 bits per heavy atom. The Morgan fingerprint density at radius 3 is 2.71 bits per heavy atom. The average Bonchev–Trinajstić information content (AvgIpc) is 2.95. The first-order valence-corrected chi connectivity index (χ1v) is 7.28. The number of aromatic amines is 1. The van der Waals surface area contributed by atoms with Crippen molar-refractivity contribution in [3.63, 3.8) is 0 Å². The Kier molecular flexibility index (Phi) is 3.51. The molecule has 4 N–H and O–H groups in total. The summed E-state index contributed by atoms with van der Waals surface area (Å²) in [6, 6.07) is 9.05. The zero-order chi connectivity index (χ0) is 14.9. The minimum absolute atomic E-state index is 0.147. The minimum Gasteiger partial charge on any atom is -0.345 e. The molecule has 0 saturated heterocycles. The molecule has 1 aromatic heterocycles. The van der Waals surface area contributed by atoms with Crippen molar-refractivity contribution >= 4 is 16.8 Å². The number of fused-ring (bicyclic) bond motifs is 1. The normalized spacial score (nSPS) is 17.0. The van der Waals surface area contributed by atoms with E-state index < -0.39 is 0 Å². The van der Waals surface area contributed by atoms with Crippen LogP contribution in [-0.4, -0.2) is 23.0 Å². The molecule has 1 fully saturated rings. The number of hydrogen-bond donors (Lipinski definition) is 3. The van der Waals surface area contributed by atoms with Crippen LogP contribution in [0.25, 0.3) is 10.9 Å². The van der Waals surface area contributed by atoms with Gasteiger partial charge in [-0.15, -0.1) is 0 Å². The number of rotatable bonds is 3. The van der Waals surface area contributed by atoms with Crippen LogP contribution in [0.4, 0.5) is 0 Å². The number of carbonyl (C=O) groups excluding carboxylic acids is 1. The Hall–Kier alpha value is -2.14. The van der Waals surface area contributed by atoms with E-state index in [1.54, 1.807) is 6.07 Å². The first-order chi connectivity index (χ1) is 10.1. The van der Waals surface area contributed by atoms with Crippen molar-refractivity contribution in [1.29, 1.82) is 0 Å². The monoisotopic (exact) mass is 285 g/mol. The Morgan fingerprint density at radius 2 is 2.00 bits per heavy atom. The number of amides is 1. The van der Waals surface area contributed by atoms with Crippen LogP contribution in [0.1, 0.15) is 36.0 Å². The number of carbonyl (C=O) groups is 1. The molecule has 5 nitrogen and oxygen atoms in total. The number of nitrogens with two attached hydrogens (primary N) is 1. The molecule has 1 heterocycles. The Labute approximate surface area is 122 Å². The van der Waals surface area contributed by atoms with Crippen LogP contribution in [0.2, 0.25) is 0 Å². The Balaban J connectivity index is 1.94. The molecule has 0 atom stereocenters. The fourth-order valence-electron chi connectivity index (χ4n) is 3.06. The number of para-hydroxylation sites is 1. The van der Waals surface area contributed by atoms with Gasteiger partial charge in [0.15, 0.2) is 0 Å². The van der Waals surface area contributed by atoms with E-state index in [1.807, 2.05) is 24.3 Å². The number of H-pyrrole nitrogens is 1. The van der Waals surface area contributed by atoms with Crippen molar-refractivity contribution in [3.8, 4) is 0 Å². The number of aromatic nitrogens is 1. The highest BCUT2D eigenvalue weighted by atomic mass is 16.2. The van der Waals surface area contributed by atoms with Crippen molar-refractivity contribution in [2.45, 2.75) is 31.2 Å². The molecule has 3 rings (SSSR count). The van der Waals surface area contributed by atoms with Gasteiger partial charge in [-0.2, -0.15) is 0 Å². The number of pyridine rings is 1. The standard InChI is InChI=1S/C16H19N3O2/c17-10-16(7-3-4-8-16)19-15(21)12-9-11-5-1-2-6-13(11)18-14(12)20/h1-2,5-6,9H,3-4,7-8,10,17H2,(H,18,20)(H,19,21). The maximum Gasteiger partial charge on any atom is 0.261 e. The van der Waals surface area contributed by atoms with Crippen molar-refractivity contribution in [1.82, 2.24) is 10.3 Å². The number of benzene rings is 1. The molecular formula is C16H19N3O2. The third-order valence-corrected chi connectivity index (χ3v) is 4.33. The summed E-state index contributed by atoms with van der Waals surface area (Å²) in [5.74, 6) is -0.339. The predicted octanol–water partition coefficient (Wildman–Crippen LogP) is 1.53. The van der Waals surface area contributed by atoms with Crippen LogP contribution < -0.4 is 16.6 Å². The van der Waals surface area contributed by atoms with Crippen molar-refractivity contribution in [3.05, 3.63) is 46.2 Å². The first-order valence-electron chi connectivity index (χ1n) is 7.28. The largest absolute Gasteiger partial charge is 0.345 e. The molecule has 21 heavy (non-hydrogen) atoms. The van der Waals surface area contributed by atoms with Gasteiger partial charge in [-0.05, 0) is 30.4 Å². The lowest BCUT2D eigenvalue weighted by Gasteiger charge is -2.28. The lowest BCUT2D eigenvalue weighted by Crippen LogP contribution is -2.52. The van der Waals surface area contributed by atoms with Crippen molar-refractivity contribution in [2.24, 2.45) is 5.73 Å². The molecule has 0 spiro atoms. The van der Waals surface area contributed by atoms with E-state index in [2.05, 4.69) is 10.3 Å². The second kappa shape index (κ2) is 5.33. The van der Waals surface area contributed by atoms with E-state index in [1.165, 1.54) is 0 Å². The van der Waals surface area contributed by atoms with Crippen LogP contribution in [-0.2, 0) is 0 Å². The third kappa shape index (κ3) is 2.56. The summed E-state index contributed by atoms with van der Waals surface area (Å²) in [6.45, 7) is 0.407. The first kappa shape index (κ1) is 13.8. The maximum absolute atomic E-state index is 12.4. The van der Waals surface area contributed by atoms with Gasteiger partial charge in [0, 0.05) is 12.1 Å². The van der Waals surface area contributed by atoms with Crippen molar-refractivity contribution < 1.29 is 4.79 Å². The second-order valence-electron chi connectivity index (χ2n) is 5.75. The molecule has 1 aliphatic carbocycles. The van der Waals surface area contributed by atoms with E-state index >= 15 is 0 Å². The van der Waals surface area contributed by atoms with Gasteiger partial charge < -0.3 is 16.0 Å². The van der Waals surface area contributed by atoms with E-state index in [4.69, 9.17) is 5.73 Å². The zero-order valence-corrected chi connectivity index (χ0v) is 11.8. The van der Waals surface area contributed by atoms with Crippen LogP contribution in [0.3, 0.4) is 0 Å². The molecule has 0 bridgehead atoms. The third-order valence-electron chi connectivity index (χ3n) is 4.33. The number of hydrogen-bond acceptors (Lipinski definition) is 3. The molecule has 1 aromatic carbocycles. The molecule has 1 saturated carbocycles. The SMILES string of the molecule is NCC1(NC(=O)c2cc3ccccc3[nH]c2=O)CCCC1. The molecular weight excluding hydrogens is 266 g/mol. The summed E-state index contributed by atoms with van der Waals surface area (Å²) in [5, 5.41) is 3.82. The summed E-state index contributed by atoms with van der Waals surface area (Å²) in [6.07, 6.45) is 3.87. The lowest BCUT2D eigenvalue weighted by atomic mass is 9.97. The Bertz CT molecular complexity index is 730. The summed E-state index contributed by atoms with van der Waals surface area (Å²) < 4.78 is 0. The highest BCUT2D eigenvalue weighted by molar-refractivity contribution is 5.97. The van der Waals surface area contributed by atoms with Gasteiger partial charge in [-0.3, -0.25) is 9.59 Å². The zero-order valence-electron chi connectivity index (χ0n) is 11.8. The summed E-state index contributed by atoms with van der Waals surface area (Å²) in [5.41, 5.74) is 5.98. The summed E-state index contributed by atoms with van der Waals surface area (Å²) in [7, 11) is 0. The number of nitrogens with one attached hydrogen (secondary N) is 2. The second-order valence-corrected chi connectivity index (χ2v) is 5.75. The fourth-order valence-corrected chi connectivity index (χ4v) is 3.06. The van der Waals surface area contributed by atoms with Gasteiger partial charge in [0.05, 0.1) is 5.54 Å². The minimum atomic E-state index is -0.364. The summed E-state index contributed by atoms with van der Waals surface area (Å²) >= 11 is 0. The molecule has 0 aliphatic heterocycles. The van der Waals surface area contributed by atoms with Crippen LogP contribution in [0, 0.1) is 0 Å². The predicted molar refractivity (Wildman–Crippen MR) is 82.3 cm³/mol. The topological polar surface area (TPSA) is 88.0 Å². The molecule has 0 unspecified atom stereocenters. The highest BCUT2D eigenvalue weighted by Gasteiger charge is 2.34. The maximum atomic E-state index is 12.4. The van der Waals surface area contributed by atoms with Crippen LogP contribution >= 0.6 is 0 Å². The van der Waals surface area contributed by atoms with E-state index in [-0.39, 0.29) is 22.6 Å². The molecule has 110 valence electrons. The van der Waals surface area contributed by atoms with Gasteiger partial charge in [0.2, 0.25) is 0 Å². The van der Waals surface area contributed by atoms with Crippen LogP contribution in [0.15, 0.2) is 35.1 Å². The molecule has 1 amide bonds. The van der Waals surface area contributed by atoms with E-state index in [0.29, 0.717) is 6.54 Å². The van der Waals surface area contributed by atoms with E-state index in [9.17, 15) is 9.59 Å². The van der Waals surface area contributed by atoms with Gasteiger partial charge >= 0.3 is 0 Å². The fraction of sp³-hybridized carbons (Fsp3) is 0.375. The molecule has 0 radical (unpaired) electrons. The molecule has 1 aliphatic rings. The van der Waals surface area contributed by atoms with Crippen LogP contribution in [0.5, 0.6) is 0 Å². The van der Waals surface area contributed by atoms with E-state index in [0.717, 1.165) is 36.6 Å².